The fourth-order valence-corrected chi connectivity index (χ4v) is 2.40. The Morgan fingerprint density at radius 3 is 2.67 bits per heavy atom. The van der Waals surface area contributed by atoms with E-state index in [1.807, 2.05) is 31.2 Å². The van der Waals surface area contributed by atoms with E-state index in [1.165, 1.54) is 0 Å². The molecule has 0 unspecified atom stereocenters. The highest BCUT2D eigenvalue weighted by Crippen LogP contribution is 2.22. The highest BCUT2D eigenvalue weighted by atomic mass is 79.9. The molecule has 0 radical (unpaired) electrons. The van der Waals surface area contributed by atoms with Crippen molar-refractivity contribution in [2.24, 2.45) is 0 Å². The first-order chi connectivity index (χ1) is 10.1. The Balaban J connectivity index is 1.79. The smallest absolute Gasteiger partial charge is 0.251 e. The first-order valence-electron chi connectivity index (χ1n) is 6.46. The molecule has 0 atom stereocenters. The van der Waals surface area contributed by atoms with Gasteiger partial charge in [-0.25, -0.2) is 4.98 Å². The number of carbonyl (C=O) groups excluding carboxylic acids is 1. The maximum atomic E-state index is 11.9. The molecule has 0 aliphatic heterocycles. The summed E-state index contributed by atoms with van der Waals surface area (Å²) in [6.45, 7) is 3.02. The van der Waals surface area contributed by atoms with Gasteiger partial charge in [0.15, 0.2) is 0 Å². The second kappa shape index (κ2) is 7.43. The van der Waals surface area contributed by atoms with Gasteiger partial charge in [-0.05, 0) is 41.1 Å². The van der Waals surface area contributed by atoms with E-state index in [9.17, 15) is 4.79 Å². The van der Waals surface area contributed by atoms with Gasteiger partial charge in [-0.3, -0.25) is 4.79 Å². The lowest BCUT2D eigenvalue weighted by Gasteiger charge is -2.09. The van der Waals surface area contributed by atoms with Crippen LogP contribution in [0.5, 0.6) is 0 Å². The summed E-state index contributed by atoms with van der Waals surface area (Å²) in [5, 5.41) is 6.45. The molecular weight excluding hydrogens is 354 g/mol. The number of nitrogens with one attached hydrogen (secondary N) is 2. The van der Waals surface area contributed by atoms with E-state index in [1.54, 1.807) is 12.3 Å². The quantitative estimate of drug-likeness (QED) is 0.792. The van der Waals surface area contributed by atoms with E-state index in [4.69, 9.17) is 11.6 Å². The number of aromatic nitrogens is 1. The molecule has 1 aromatic carbocycles. The lowest BCUT2D eigenvalue weighted by atomic mass is 10.1. The van der Waals surface area contributed by atoms with E-state index in [-0.39, 0.29) is 5.91 Å². The van der Waals surface area contributed by atoms with Crippen molar-refractivity contribution >= 4 is 39.3 Å². The van der Waals surface area contributed by atoms with Crippen molar-refractivity contribution in [3.63, 3.8) is 0 Å². The van der Waals surface area contributed by atoms with Crippen LogP contribution >= 0.6 is 27.5 Å². The van der Waals surface area contributed by atoms with E-state index in [2.05, 4.69) is 31.5 Å². The van der Waals surface area contributed by atoms with Gasteiger partial charge < -0.3 is 10.6 Å². The fraction of sp³-hybridized carbons (Fsp3) is 0.200. The minimum atomic E-state index is -0.0911. The Morgan fingerprint density at radius 1 is 1.29 bits per heavy atom. The molecule has 0 bridgehead atoms. The Bertz CT molecular complexity index is 631. The van der Waals surface area contributed by atoms with Crippen molar-refractivity contribution in [1.82, 2.24) is 10.3 Å². The zero-order chi connectivity index (χ0) is 15.2. The Labute approximate surface area is 137 Å². The molecule has 2 aromatic rings. The average molecular weight is 369 g/mol. The number of halogens is 2. The summed E-state index contributed by atoms with van der Waals surface area (Å²) in [6, 6.07) is 9.22. The van der Waals surface area contributed by atoms with Gasteiger partial charge in [0, 0.05) is 29.3 Å². The zero-order valence-corrected chi connectivity index (χ0v) is 13.8. The van der Waals surface area contributed by atoms with Crippen molar-refractivity contribution in [3.05, 3.63) is 57.2 Å². The molecule has 110 valence electrons. The van der Waals surface area contributed by atoms with E-state index in [0.717, 1.165) is 10.0 Å². The van der Waals surface area contributed by atoms with E-state index < -0.39 is 0 Å². The number of rotatable bonds is 5. The number of hydrogen-bond donors (Lipinski definition) is 2. The minimum Gasteiger partial charge on any atom is -0.367 e. The van der Waals surface area contributed by atoms with Crippen LogP contribution < -0.4 is 10.6 Å². The van der Waals surface area contributed by atoms with Gasteiger partial charge >= 0.3 is 0 Å². The lowest BCUT2D eigenvalue weighted by molar-refractivity contribution is 0.0955. The lowest BCUT2D eigenvalue weighted by Crippen LogP contribution is -2.28. The van der Waals surface area contributed by atoms with Gasteiger partial charge in [-0.15, -0.1) is 0 Å². The summed E-state index contributed by atoms with van der Waals surface area (Å²) in [4.78, 5) is 16.1. The number of pyridine rings is 1. The first-order valence-corrected chi connectivity index (χ1v) is 7.63. The SMILES string of the molecule is Cc1ccc(C(=O)NCCNc2ncc(Br)cc2Cl)cc1. The Morgan fingerprint density at radius 2 is 2.00 bits per heavy atom. The van der Waals surface area contributed by atoms with Crippen LogP contribution in [-0.4, -0.2) is 24.0 Å². The molecule has 1 heterocycles. The van der Waals surface area contributed by atoms with Crippen molar-refractivity contribution < 1.29 is 4.79 Å². The number of hydrogen-bond acceptors (Lipinski definition) is 3. The summed E-state index contributed by atoms with van der Waals surface area (Å²) >= 11 is 9.34. The molecule has 0 aliphatic rings. The monoisotopic (exact) mass is 367 g/mol. The molecule has 2 N–H and O–H groups in total. The first kappa shape index (κ1) is 15.8. The van der Waals surface area contributed by atoms with Gasteiger partial charge in [-0.1, -0.05) is 29.3 Å². The van der Waals surface area contributed by atoms with Gasteiger partial charge in [-0.2, -0.15) is 0 Å². The Kier molecular flexibility index (Phi) is 5.59. The van der Waals surface area contributed by atoms with Gasteiger partial charge in [0.2, 0.25) is 0 Å². The second-order valence-electron chi connectivity index (χ2n) is 4.53. The van der Waals surface area contributed by atoms with Crippen LogP contribution in [0.3, 0.4) is 0 Å². The van der Waals surface area contributed by atoms with Crippen LogP contribution in [0.1, 0.15) is 15.9 Å². The molecular formula is C15H15BrClN3O. The summed E-state index contributed by atoms with van der Waals surface area (Å²) in [5.41, 5.74) is 1.78. The van der Waals surface area contributed by atoms with Crippen LogP contribution in [-0.2, 0) is 0 Å². The molecule has 1 aromatic heterocycles. The molecule has 0 saturated heterocycles. The molecule has 0 saturated carbocycles. The van der Waals surface area contributed by atoms with E-state index >= 15 is 0 Å². The minimum absolute atomic E-state index is 0.0911. The maximum absolute atomic E-state index is 11.9. The predicted octanol–water partition coefficient (Wildman–Crippen LogP) is 3.65. The van der Waals surface area contributed by atoms with Crippen molar-refractivity contribution in [2.75, 3.05) is 18.4 Å². The molecule has 6 heteroatoms. The Hall–Kier alpha value is -1.59. The summed E-state index contributed by atoms with van der Waals surface area (Å²) < 4.78 is 0.825. The maximum Gasteiger partial charge on any atom is 0.251 e. The third kappa shape index (κ3) is 4.72. The number of aryl methyl sites for hydroxylation is 1. The highest BCUT2D eigenvalue weighted by Gasteiger charge is 2.05. The third-order valence-electron chi connectivity index (χ3n) is 2.82. The fourth-order valence-electron chi connectivity index (χ4n) is 1.71. The van der Waals surface area contributed by atoms with Crippen LogP contribution in [0.2, 0.25) is 5.02 Å². The molecule has 1 amide bonds. The van der Waals surface area contributed by atoms with Crippen LogP contribution in [0.15, 0.2) is 41.0 Å². The third-order valence-corrected chi connectivity index (χ3v) is 3.55. The van der Waals surface area contributed by atoms with Gasteiger partial charge in [0.25, 0.3) is 5.91 Å². The normalized spacial score (nSPS) is 10.2. The van der Waals surface area contributed by atoms with Crippen LogP contribution in [0.4, 0.5) is 5.82 Å². The van der Waals surface area contributed by atoms with Crippen LogP contribution in [0, 0.1) is 6.92 Å². The average Bonchev–Trinajstić information content (AvgIpc) is 2.46. The number of amides is 1. The predicted molar refractivity (Wildman–Crippen MR) is 88.9 cm³/mol. The molecule has 0 aliphatic carbocycles. The largest absolute Gasteiger partial charge is 0.367 e. The standard InChI is InChI=1S/C15H15BrClN3O/c1-10-2-4-11(5-3-10)15(21)19-7-6-18-14-13(17)8-12(16)9-20-14/h2-5,8-9H,6-7H2,1H3,(H,18,20)(H,19,21). The molecule has 0 fully saturated rings. The number of nitrogens with zero attached hydrogens (tertiary/aromatic N) is 1. The number of anilines is 1. The van der Waals surface area contributed by atoms with Gasteiger partial charge in [0.1, 0.15) is 5.82 Å². The number of benzene rings is 1. The van der Waals surface area contributed by atoms with E-state index in [0.29, 0.717) is 29.5 Å². The molecule has 0 spiro atoms. The summed E-state index contributed by atoms with van der Waals surface area (Å²) in [7, 11) is 0. The van der Waals surface area contributed by atoms with Crippen molar-refractivity contribution in [3.8, 4) is 0 Å². The molecule has 2 rings (SSSR count). The van der Waals surface area contributed by atoms with Crippen LogP contribution in [0.25, 0.3) is 0 Å². The summed E-state index contributed by atoms with van der Waals surface area (Å²) in [6.07, 6.45) is 1.67. The topological polar surface area (TPSA) is 54.0 Å². The second-order valence-corrected chi connectivity index (χ2v) is 5.86. The molecule has 4 nitrogen and oxygen atoms in total. The summed E-state index contributed by atoms with van der Waals surface area (Å²) in [5.74, 6) is 0.510. The number of carbonyl (C=O) groups is 1. The van der Waals surface area contributed by atoms with Crippen molar-refractivity contribution in [1.29, 1.82) is 0 Å². The van der Waals surface area contributed by atoms with Crippen molar-refractivity contribution in [2.45, 2.75) is 6.92 Å². The molecule has 21 heavy (non-hydrogen) atoms. The highest BCUT2D eigenvalue weighted by molar-refractivity contribution is 9.10. The van der Waals surface area contributed by atoms with Gasteiger partial charge in [0.05, 0.1) is 5.02 Å². The zero-order valence-electron chi connectivity index (χ0n) is 11.5.